The number of halogens is 1. The summed E-state index contributed by atoms with van der Waals surface area (Å²) in [5, 5.41) is 28.2. The standard InChI is InChI=1S/C11H12BrNO2/c1-7-4-8(6-13)2-3-9(7)11(15)10(14)5-12/h2-4,10-11,14-15H,5H2,1H3. The van der Waals surface area contributed by atoms with Crippen LogP contribution in [-0.2, 0) is 0 Å². The van der Waals surface area contributed by atoms with Crippen molar-refractivity contribution in [3.8, 4) is 6.07 Å². The summed E-state index contributed by atoms with van der Waals surface area (Å²) in [4.78, 5) is 0. The van der Waals surface area contributed by atoms with E-state index in [1.54, 1.807) is 25.1 Å². The highest BCUT2D eigenvalue weighted by atomic mass is 79.9. The first-order valence-electron chi connectivity index (χ1n) is 4.53. The largest absolute Gasteiger partial charge is 0.389 e. The summed E-state index contributed by atoms with van der Waals surface area (Å²) in [5.41, 5.74) is 2.01. The summed E-state index contributed by atoms with van der Waals surface area (Å²) in [7, 11) is 0. The number of aryl methyl sites for hydroxylation is 1. The van der Waals surface area contributed by atoms with Crippen molar-refractivity contribution >= 4 is 15.9 Å². The third-order valence-corrected chi connectivity index (χ3v) is 2.90. The first-order chi connectivity index (χ1) is 7.10. The van der Waals surface area contributed by atoms with Crippen molar-refractivity contribution in [2.75, 3.05) is 5.33 Å². The van der Waals surface area contributed by atoms with Gasteiger partial charge in [0.1, 0.15) is 6.10 Å². The summed E-state index contributed by atoms with van der Waals surface area (Å²) in [6, 6.07) is 7.02. The SMILES string of the molecule is Cc1cc(C#N)ccc1C(O)C(O)CBr. The highest BCUT2D eigenvalue weighted by Crippen LogP contribution is 2.22. The molecule has 1 rings (SSSR count). The Labute approximate surface area is 97.1 Å². The van der Waals surface area contributed by atoms with Crippen LogP contribution in [-0.4, -0.2) is 21.6 Å². The number of benzene rings is 1. The third kappa shape index (κ3) is 2.78. The molecule has 3 nitrogen and oxygen atoms in total. The van der Waals surface area contributed by atoms with Crippen LogP contribution in [0.3, 0.4) is 0 Å². The van der Waals surface area contributed by atoms with E-state index in [9.17, 15) is 10.2 Å². The van der Waals surface area contributed by atoms with Crippen molar-refractivity contribution in [1.82, 2.24) is 0 Å². The summed E-state index contributed by atoms with van der Waals surface area (Å²) in [6.07, 6.45) is -1.76. The second kappa shape index (κ2) is 5.26. The molecule has 0 radical (unpaired) electrons. The number of hydrogen-bond acceptors (Lipinski definition) is 3. The average molecular weight is 270 g/mol. The molecule has 1 aromatic carbocycles. The van der Waals surface area contributed by atoms with Crippen LogP contribution in [0.25, 0.3) is 0 Å². The maximum absolute atomic E-state index is 9.77. The zero-order valence-corrected chi connectivity index (χ0v) is 9.90. The van der Waals surface area contributed by atoms with Crippen LogP contribution in [0.15, 0.2) is 18.2 Å². The van der Waals surface area contributed by atoms with Gasteiger partial charge in [-0.2, -0.15) is 5.26 Å². The highest BCUT2D eigenvalue weighted by Gasteiger charge is 2.18. The van der Waals surface area contributed by atoms with Crippen LogP contribution in [0, 0.1) is 18.3 Å². The van der Waals surface area contributed by atoms with Gasteiger partial charge >= 0.3 is 0 Å². The van der Waals surface area contributed by atoms with Gasteiger partial charge < -0.3 is 10.2 Å². The Morgan fingerprint density at radius 2 is 2.13 bits per heavy atom. The Hall–Kier alpha value is -0.890. The van der Waals surface area contributed by atoms with Crippen LogP contribution in [0.2, 0.25) is 0 Å². The summed E-state index contributed by atoms with van der Waals surface area (Å²) >= 11 is 3.10. The molecule has 0 saturated carbocycles. The second-order valence-corrected chi connectivity index (χ2v) is 4.00. The molecule has 0 spiro atoms. The Morgan fingerprint density at radius 3 is 2.60 bits per heavy atom. The molecule has 0 amide bonds. The Kier molecular flexibility index (Phi) is 4.28. The van der Waals surface area contributed by atoms with Gasteiger partial charge in [0.15, 0.2) is 0 Å². The van der Waals surface area contributed by atoms with E-state index in [-0.39, 0.29) is 0 Å². The van der Waals surface area contributed by atoms with Crippen molar-refractivity contribution in [2.24, 2.45) is 0 Å². The van der Waals surface area contributed by atoms with Crippen LogP contribution in [0.5, 0.6) is 0 Å². The molecule has 0 fully saturated rings. The molecule has 4 heteroatoms. The minimum Gasteiger partial charge on any atom is -0.389 e. The van der Waals surface area contributed by atoms with Gasteiger partial charge in [0.2, 0.25) is 0 Å². The summed E-state index contributed by atoms with van der Waals surface area (Å²) < 4.78 is 0. The van der Waals surface area contributed by atoms with Gasteiger partial charge in [0, 0.05) is 5.33 Å². The van der Waals surface area contributed by atoms with Crippen LogP contribution >= 0.6 is 15.9 Å². The Bertz CT molecular complexity index is 387. The minimum absolute atomic E-state index is 0.313. The molecule has 0 aliphatic carbocycles. The lowest BCUT2D eigenvalue weighted by atomic mass is 9.98. The monoisotopic (exact) mass is 269 g/mol. The topological polar surface area (TPSA) is 64.2 Å². The van der Waals surface area contributed by atoms with Crippen molar-refractivity contribution in [3.05, 3.63) is 34.9 Å². The maximum atomic E-state index is 9.77. The molecule has 0 saturated heterocycles. The van der Waals surface area contributed by atoms with E-state index in [1.807, 2.05) is 6.07 Å². The molecular weight excluding hydrogens is 258 g/mol. The Balaban J connectivity index is 3.01. The molecule has 2 N–H and O–H groups in total. The number of hydrogen-bond donors (Lipinski definition) is 2. The first-order valence-corrected chi connectivity index (χ1v) is 5.65. The number of aliphatic hydroxyl groups is 2. The predicted molar refractivity (Wildman–Crippen MR) is 60.7 cm³/mol. The molecule has 0 heterocycles. The summed E-state index contributed by atoms with van der Waals surface area (Å²) in [6.45, 7) is 1.81. The van der Waals surface area contributed by atoms with Crippen molar-refractivity contribution in [2.45, 2.75) is 19.1 Å². The van der Waals surface area contributed by atoms with Gasteiger partial charge in [0.05, 0.1) is 17.7 Å². The molecule has 0 aliphatic heterocycles. The molecule has 0 aliphatic rings. The zero-order valence-electron chi connectivity index (χ0n) is 8.31. The fraction of sp³-hybridized carbons (Fsp3) is 0.364. The predicted octanol–water partition coefficient (Wildman–Crippen LogP) is 1.66. The van der Waals surface area contributed by atoms with Crippen LogP contribution in [0.4, 0.5) is 0 Å². The van der Waals surface area contributed by atoms with Gasteiger partial charge in [-0.3, -0.25) is 0 Å². The number of rotatable bonds is 3. The van der Waals surface area contributed by atoms with Gasteiger partial charge in [-0.05, 0) is 30.2 Å². The number of nitrogens with zero attached hydrogens (tertiary/aromatic N) is 1. The van der Waals surface area contributed by atoms with Crippen molar-refractivity contribution in [1.29, 1.82) is 5.26 Å². The van der Waals surface area contributed by atoms with Crippen LogP contribution < -0.4 is 0 Å². The fourth-order valence-corrected chi connectivity index (χ4v) is 1.72. The number of nitriles is 1. The van der Waals surface area contributed by atoms with Gasteiger partial charge in [-0.15, -0.1) is 0 Å². The molecule has 1 aromatic rings. The number of aliphatic hydroxyl groups excluding tert-OH is 2. The van der Waals surface area contributed by atoms with Gasteiger partial charge in [-0.25, -0.2) is 0 Å². The number of alkyl halides is 1. The van der Waals surface area contributed by atoms with Crippen molar-refractivity contribution < 1.29 is 10.2 Å². The van der Waals surface area contributed by atoms with E-state index in [0.717, 1.165) is 5.56 Å². The molecule has 2 atom stereocenters. The molecular formula is C11H12BrNO2. The van der Waals surface area contributed by atoms with Crippen molar-refractivity contribution in [3.63, 3.8) is 0 Å². The van der Waals surface area contributed by atoms with Crippen LogP contribution in [0.1, 0.15) is 22.8 Å². The van der Waals surface area contributed by atoms with E-state index < -0.39 is 12.2 Å². The molecule has 0 bridgehead atoms. The van der Waals surface area contributed by atoms with E-state index in [0.29, 0.717) is 16.5 Å². The smallest absolute Gasteiger partial charge is 0.106 e. The third-order valence-electron chi connectivity index (χ3n) is 2.24. The van der Waals surface area contributed by atoms with E-state index >= 15 is 0 Å². The molecule has 0 aromatic heterocycles. The molecule has 15 heavy (non-hydrogen) atoms. The normalized spacial score (nSPS) is 14.3. The fourth-order valence-electron chi connectivity index (χ4n) is 1.37. The quantitative estimate of drug-likeness (QED) is 0.821. The minimum atomic E-state index is -0.919. The average Bonchev–Trinajstić information content (AvgIpc) is 2.26. The van der Waals surface area contributed by atoms with Gasteiger partial charge in [-0.1, -0.05) is 22.0 Å². The lowest BCUT2D eigenvalue weighted by Gasteiger charge is -2.17. The van der Waals surface area contributed by atoms with E-state index in [1.165, 1.54) is 0 Å². The highest BCUT2D eigenvalue weighted by molar-refractivity contribution is 9.09. The maximum Gasteiger partial charge on any atom is 0.106 e. The zero-order chi connectivity index (χ0) is 11.4. The molecule has 80 valence electrons. The Morgan fingerprint density at radius 1 is 1.47 bits per heavy atom. The van der Waals surface area contributed by atoms with Gasteiger partial charge in [0.25, 0.3) is 0 Å². The lowest BCUT2D eigenvalue weighted by Crippen LogP contribution is -2.20. The second-order valence-electron chi connectivity index (χ2n) is 3.35. The molecule has 2 unspecified atom stereocenters. The van der Waals surface area contributed by atoms with E-state index in [4.69, 9.17) is 5.26 Å². The summed E-state index contributed by atoms with van der Waals surface area (Å²) in [5.74, 6) is 0. The first kappa shape index (κ1) is 12.2. The van der Waals surface area contributed by atoms with E-state index in [2.05, 4.69) is 15.9 Å². The lowest BCUT2D eigenvalue weighted by molar-refractivity contribution is 0.0339.